The minimum absolute atomic E-state index is 0.0388. The number of hydrogen-bond donors (Lipinski definition) is 0. The molecule has 6 heteroatoms. The van der Waals surface area contributed by atoms with E-state index in [9.17, 15) is 14.0 Å². The summed E-state index contributed by atoms with van der Waals surface area (Å²) < 4.78 is 24.8. The van der Waals surface area contributed by atoms with E-state index in [1.54, 1.807) is 12.1 Å². The second-order valence-corrected chi connectivity index (χ2v) is 7.21. The highest BCUT2D eigenvalue weighted by molar-refractivity contribution is 5.92. The van der Waals surface area contributed by atoms with Crippen LogP contribution in [0, 0.1) is 17.1 Å². The highest BCUT2D eigenvalue weighted by Gasteiger charge is 2.16. The molecule has 32 heavy (non-hydrogen) atoms. The first-order valence-corrected chi connectivity index (χ1v) is 10.3. The molecule has 0 radical (unpaired) electrons. The van der Waals surface area contributed by atoms with Crippen molar-refractivity contribution in [3.05, 3.63) is 94.8 Å². The zero-order chi connectivity index (χ0) is 22.9. The topological polar surface area (TPSA) is 76.4 Å². The standard InChI is InChI=1S/C26H22FNO4/c1-2-3-4-5-18-6-10-20(11-7-18)25(29)32-24-15-12-21(16-23(24)27)26(30)31-22-13-8-19(17-28)9-14-22/h6-16H,2-5H2,1H3. The van der Waals surface area contributed by atoms with Gasteiger partial charge in [0.1, 0.15) is 5.75 Å². The van der Waals surface area contributed by atoms with Gasteiger partial charge in [-0.15, -0.1) is 0 Å². The largest absolute Gasteiger partial charge is 0.423 e. The Labute approximate surface area is 186 Å². The van der Waals surface area contributed by atoms with Crippen molar-refractivity contribution in [3.63, 3.8) is 0 Å². The molecule has 5 nitrogen and oxygen atoms in total. The van der Waals surface area contributed by atoms with Crippen LogP contribution in [0.25, 0.3) is 0 Å². The van der Waals surface area contributed by atoms with Crippen molar-refractivity contribution in [2.24, 2.45) is 0 Å². The van der Waals surface area contributed by atoms with Crippen LogP contribution in [0.15, 0.2) is 66.7 Å². The van der Waals surface area contributed by atoms with Gasteiger partial charge in [0.05, 0.1) is 22.8 Å². The summed E-state index contributed by atoms with van der Waals surface area (Å²) in [7, 11) is 0. The van der Waals surface area contributed by atoms with Crippen LogP contribution >= 0.6 is 0 Å². The number of esters is 2. The molecule has 162 valence electrons. The number of halogens is 1. The molecule has 0 bridgehead atoms. The second-order valence-electron chi connectivity index (χ2n) is 7.21. The number of rotatable bonds is 8. The summed E-state index contributed by atoms with van der Waals surface area (Å²) in [6.07, 6.45) is 4.32. The molecule has 0 atom stereocenters. The van der Waals surface area contributed by atoms with Crippen LogP contribution in [0.2, 0.25) is 0 Å². The number of carbonyl (C=O) groups is 2. The zero-order valence-electron chi connectivity index (χ0n) is 17.6. The van der Waals surface area contributed by atoms with Gasteiger partial charge in [0.25, 0.3) is 0 Å². The van der Waals surface area contributed by atoms with Gasteiger partial charge in [0, 0.05) is 0 Å². The van der Waals surface area contributed by atoms with E-state index < -0.39 is 17.8 Å². The maximum Gasteiger partial charge on any atom is 0.343 e. The van der Waals surface area contributed by atoms with Gasteiger partial charge < -0.3 is 9.47 Å². The Bertz CT molecular complexity index is 1130. The van der Waals surface area contributed by atoms with Gasteiger partial charge in [0.15, 0.2) is 11.6 Å². The van der Waals surface area contributed by atoms with Crippen LogP contribution in [0.5, 0.6) is 11.5 Å². The van der Waals surface area contributed by atoms with Gasteiger partial charge in [-0.05, 0) is 73.0 Å². The number of aryl methyl sites for hydroxylation is 1. The molecule has 0 aliphatic rings. The van der Waals surface area contributed by atoms with Gasteiger partial charge in [0.2, 0.25) is 0 Å². The molecule has 3 aromatic rings. The van der Waals surface area contributed by atoms with Crippen molar-refractivity contribution >= 4 is 11.9 Å². The van der Waals surface area contributed by atoms with E-state index in [0.29, 0.717) is 11.1 Å². The average Bonchev–Trinajstić information content (AvgIpc) is 2.81. The quantitative estimate of drug-likeness (QED) is 0.253. The molecular weight excluding hydrogens is 409 g/mol. The predicted octanol–water partition coefficient (Wildman–Crippen LogP) is 5.87. The fraction of sp³-hybridized carbons (Fsp3) is 0.192. The van der Waals surface area contributed by atoms with E-state index in [1.165, 1.54) is 36.4 Å². The molecule has 0 aromatic heterocycles. The minimum atomic E-state index is -0.858. The summed E-state index contributed by atoms with van der Waals surface area (Å²) in [5, 5.41) is 8.80. The Hall–Kier alpha value is -3.98. The van der Waals surface area contributed by atoms with E-state index in [1.807, 2.05) is 18.2 Å². The number of ether oxygens (including phenoxy) is 2. The van der Waals surface area contributed by atoms with Crippen molar-refractivity contribution < 1.29 is 23.5 Å². The van der Waals surface area contributed by atoms with Crippen LogP contribution in [-0.2, 0) is 6.42 Å². The van der Waals surface area contributed by atoms with Crippen molar-refractivity contribution in [1.82, 2.24) is 0 Å². The number of unbranched alkanes of at least 4 members (excludes halogenated alkanes) is 2. The summed E-state index contributed by atoms with van der Waals surface area (Å²) in [5.41, 5.74) is 1.83. The third kappa shape index (κ3) is 6.02. The maximum atomic E-state index is 14.4. The number of hydrogen-bond acceptors (Lipinski definition) is 5. The highest BCUT2D eigenvalue weighted by atomic mass is 19.1. The molecule has 0 aliphatic carbocycles. The summed E-state index contributed by atoms with van der Waals surface area (Å²) in [5.74, 6) is -2.37. The smallest absolute Gasteiger partial charge is 0.343 e. The Balaban J connectivity index is 1.62. The molecule has 0 amide bonds. The molecule has 0 saturated carbocycles. The third-order valence-electron chi connectivity index (χ3n) is 4.82. The van der Waals surface area contributed by atoms with Crippen LogP contribution in [0.4, 0.5) is 4.39 Å². The van der Waals surface area contributed by atoms with Crippen molar-refractivity contribution in [2.75, 3.05) is 0 Å². The molecule has 0 unspecified atom stereocenters. The number of nitrogens with zero attached hydrogens (tertiary/aromatic N) is 1. The van der Waals surface area contributed by atoms with E-state index in [0.717, 1.165) is 37.3 Å². The molecule has 0 N–H and O–H groups in total. The van der Waals surface area contributed by atoms with E-state index >= 15 is 0 Å². The van der Waals surface area contributed by atoms with E-state index in [-0.39, 0.29) is 17.1 Å². The van der Waals surface area contributed by atoms with Crippen molar-refractivity contribution in [1.29, 1.82) is 5.26 Å². The Morgan fingerprint density at radius 1 is 0.875 bits per heavy atom. The molecule has 3 aromatic carbocycles. The second kappa shape index (κ2) is 10.9. The van der Waals surface area contributed by atoms with Crippen molar-refractivity contribution in [3.8, 4) is 17.6 Å². The molecule has 0 saturated heterocycles. The fourth-order valence-electron chi connectivity index (χ4n) is 3.02. The first kappa shape index (κ1) is 22.7. The van der Waals surface area contributed by atoms with Crippen LogP contribution < -0.4 is 9.47 Å². The van der Waals surface area contributed by atoms with Gasteiger partial charge in [-0.3, -0.25) is 0 Å². The van der Waals surface area contributed by atoms with Gasteiger partial charge in [-0.1, -0.05) is 31.9 Å². The van der Waals surface area contributed by atoms with Crippen LogP contribution in [0.1, 0.15) is 58.0 Å². The molecular formula is C26H22FNO4. The first-order chi connectivity index (χ1) is 15.5. The lowest BCUT2D eigenvalue weighted by atomic mass is 10.1. The molecule has 0 fully saturated rings. The van der Waals surface area contributed by atoms with E-state index in [2.05, 4.69) is 6.92 Å². The van der Waals surface area contributed by atoms with Crippen LogP contribution in [0.3, 0.4) is 0 Å². The first-order valence-electron chi connectivity index (χ1n) is 10.3. The number of carbonyl (C=O) groups excluding carboxylic acids is 2. The van der Waals surface area contributed by atoms with Crippen LogP contribution in [-0.4, -0.2) is 11.9 Å². The van der Waals surface area contributed by atoms with Gasteiger partial charge >= 0.3 is 11.9 Å². The SMILES string of the molecule is CCCCCc1ccc(C(=O)Oc2ccc(C(=O)Oc3ccc(C#N)cc3)cc2F)cc1. The minimum Gasteiger partial charge on any atom is -0.423 e. The normalized spacial score (nSPS) is 10.3. The monoisotopic (exact) mass is 431 g/mol. The summed E-state index contributed by atoms with van der Waals surface area (Å²) >= 11 is 0. The highest BCUT2D eigenvalue weighted by Crippen LogP contribution is 2.22. The lowest BCUT2D eigenvalue weighted by Gasteiger charge is -2.08. The molecule has 0 aliphatic heterocycles. The lowest BCUT2D eigenvalue weighted by molar-refractivity contribution is 0.0727. The maximum absolute atomic E-state index is 14.4. The van der Waals surface area contributed by atoms with Gasteiger partial charge in [-0.25, -0.2) is 14.0 Å². The lowest BCUT2D eigenvalue weighted by Crippen LogP contribution is -2.12. The Morgan fingerprint density at radius 3 is 2.16 bits per heavy atom. The van der Waals surface area contributed by atoms with Crippen molar-refractivity contribution in [2.45, 2.75) is 32.6 Å². The molecule has 0 spiro atoms. The fourth-order valence-corrected chi connectivity index (χ4v) is 3.02. The average molecular weight is 431 g/mol. The van der Waals surface area contributed by atoms with E-state index in [4.69, 9.17) is 14.7 Å². The number of nitriles is 1. The Kier molecular flexibility index (Phi) is 7.71. The summed E-state index contributed by atoms with van der Waals surface area (Å²) in [6, 6.07) is 18.4. The number of benzene rings is 3. The third-order valence-corrected chi connectivity index (χ3v) is 4.82. The summed E-state index contributed by atoms with van der Waals surface area (Å²) in [6.45, 7) is 2.14. The Morgan fingerprint density at radius 2 is 1.53 bits per heavy atom. The van der Waals surface area contributed by atoms with Gasteiger partial charge in [-0.2, -0.15) is 5.26 Å². The zero-order valence-corrected chi connectivity index (χ0v) is 17.6. The predicted molar refractivity (Wildman–Crippen MR) is 117 cm³/mol. The molecule has 3 rings (SSSR count). The molecule has 0 heterocycles. The summed E-state index contributed by atoms with van der Waals surface area (Å²) in [4.78, 5) is 24.6.